The van der Waals surface area contributed by atoms with Crippen LogP contribution in [0.5, 0.6) is 11.5 Å². The highest BCUT2D eigenvalue weighted by atomic mass is 16.6. The van der Waals surface area contributed by atoms with Gasteiger partial charge in [-0.15, -0.1) is 0 Å². The van der Waals surface area contributed by atoms with Gasteiger partial charge in [0.2, 0.25) is 5.60 Å². The molecule has 144 valence electrons. The topological polar surface area (TPSA) is 59.0 Å². The van der Waals surface area contributed by atoms with Crippen molar-refractivity contribution in [2.24, 2.45) is 11.8 Å². The number of nitrogens with zero attached hydrogens (tertiary/aromatic N) is 1. The van der Waals surface area contributed by atoms with E-state index in [0.717, 1.165) is 24.7 Å². The molecule has 2 saturated heterocycles. The number of aliphatic hydroxyl groups is 1. The molecule has 2 aromatic carbocycles. The van der Waals surface area contributed by atoms with Gasteiger partial charge in [0.05, 0.1) is 0 Å². The Bertz CT molecular complexity index is 909. The molecule has 5 nitrogen and oxygen atoms in total. The molecule has 5 atom stereocenters. The van der Waals surface area contributed by atoms with Gasteiger partial charge in [0.15, 0.2) is 0 Å². The van der Waals surface area contributed by atoms with Crippen LogP contribution < -0.4 is 4.74 Å². The van der Waals surface area contributed by atoms with Crippen LogP contribution in [-0.4, -0.2) is 41.2 Å². The van der Waals surface area contributed by atoms with E-state index in [1.54, 1.807) is 36.4 Å². The zero-order valence-corrected chi connectivity index (χ0v) is 15.7. The van der Waals surface area contributed by atoms with Crippen LogP contribution in [0, 0.1) is 11.8 Å². The van der Waals surface area contributed by atoms with Crippen LogP contribution in [0.3, 0.4) is 0 Å². The quantitative estimate of drug-likeness (QED) is 0.815. The molecule has 0 spiro atoms. The number of hydrogen-bond acceptors (Lipinski definition) is 5. The molecule has 2 unspecified atom stereocenters. The van der Waals surface area contributed by atoms with Gasteiger partial charge in [-0.2, -0.15) is 0 Å². The minimum absolute atomic E-state index is 0.141. The fraction of sp³-hybridized carbons (Fsp3) is 0.435. The van der Waals surface area contributed by atoms with Crippen LogP contribution in [0.15, 0.2) is 48.5 Å². The molecule has 5 heteroatoms. The first-order valence-electron chi connectivity index (χ1n) is 10.1. The lowest BCUT2D eigenvalue weighted by atomic mass is 9.83. The molecule has 0 aromatic heterocycles. The van der Waals surface area contributed by atoms with Crippen molar-refractivity contribution >= 4 is 5.97 Å². The van der Waals surface area contributed by atoms with Crippen molar-refractivity contribution in [1.82, 2.24) is 4.90 Å². The van der Waals surface area contributed by atoms with Gasteiger partial charge in [0.1, 0.15) is 17.6 Å². The van der Waals surface area contributed by atoms with Crippen LogP contribution in [0.2, 0.25) is 0 Å². The second-order valence-corrected chi connectivity index (χ2v) is 8.67. The van der Waals surface area contributed by atoms with E-state index in [-0.39, 0.29) is 6.10 Å². The average molecular weight is 377 g/mol. The second-order valence-electron chi connectivity index (χ2n) is 8.67. The molecule has 2 aromatic rings. The molecule has 0 amide bonds. The lowest BCUT2D eigenvalue weighted by molar-refractivity contribution is -0.172. The summed E-state index contributed by atoms with van der Waals surface area (Å²) in [5.41, 5.74) is -0.966. The van der Waals surface area contributed by atoms with Gasteiger partial charge in [-0.3, -0.25) is 4.90 Å². The molecule has 28 heavy (non-hydrogen) atoms. The Morgan fingerprint density at radius 1 is 1.00 bits per heavy atom. The fourth-order valence-electron chi connectivity index (χ4n) is 5.81. The summed E-state index contributed by atoms with van der Waals surface area (Å²) in [7, 11) is 2.19. The van der Waals surface area contributed by atoms with E-state index in [4.69, 9.17) is 9.47 Å². The maximum absolute atomic E-state index is 13.4. The van der Waals surface area contributed by atoms with Crippen molar-refractivity contribution in [2.75, 3.05) is 7.05 Å². The van der Waals surface area contributed by atoms with E-state index >= 15 is 0 Å². The fourth-order valence-corrected chi connectivity index (χ4v) is 5.81. The van der Waals surface area contributed by atoms with Gasteiger partial charge in [0.25, 0.3) is 0 Å². The average Bonchev–Trinajstić information content (AvgIpc) is 3.46. The summed E-state index contributed by atoms with van der Waals surface area (Å²) in [6.07, 6.45) is 2.89. The predicted molar refractivity (Wildman–Crippen MR) is 102 cm³/mol. The molecule has 3 fully saturated rings. The molecule has 0 radical (unpaired) electrons. The Balaban J connectivity index is 1.34. The minimum Gasteiger partial charge on any atom is -0.460 e. The van der Waals surface area contributed by atoms with Crippen LogP contribution in [-0.2, 0) is 15.1 Å². The van der Waals surface area contributed by atoms with Crippen LogP contribution in [0.1, 0.15) is 30.4 Å². The van der Waals surface area contributed by atoms with Crippen molar-refractivity contribution < 1.29 is 19.4 Å². The van der Waals surface area contributed by atoms with Crippen molar-refractivity contribution in [3.05, 3.63) is 59.7 Å². The summed E-state index contributed by atoms with van der Waals surface area (Å²) < 4.78 is 11.9. The number of rotatable bonds is 2. The third-order valence-electron chi connectivity index (χ3n) is 7.28. The Morgan fingerprint density at radius 3 is 2.11 bits per heavy atom. The molecule has 4 aliphatic rings. The normalized spacial score (nSPS) is 33.9. The minimum atomic E-state index is -1.85. The molecular formula is C23H23NO4. The van der Waals surface area contributed by atoms with Gasteiger partial charge in [-0.25, -0.2) is 4.79 Å². The van der Waals surface area contributed by atoms with Gasteiger partial charge in [0, 0.05) is 36.1 Å². The lowest BCUT2D eigenvalue weighted by Gasteiger charge is -2.40. The molecule has 1 saturated carbocycles. The maximum atomic E-state index is 13.4. The Kier molecular flexibility index (Phi) is 3.30. The molecule has 1 aliphatic carbocycles. The number of benzene rings is 2. The molecule has 1 N–H and O–H groups in total. The summed E-state index contributed by atoms with van der Waals surface area (Å²) in [6, 6.07) is 15.3. The third-order valence-corrected chi connectivity index (χ3v) is 7.28. The number of fused-ring (bicyclic) bond motifs is 7. The first-order valence-corrected chi connectivity index (χ1v) is 10.1. The number of ether oxygens (including phenoxy) is 2. The zero-order chi connectivity index (χ0) is 19.0. The van der Waals surface area contributed by atoms with Crippen molar-refractivity contribution in [1.29, 1.82) is 0 Å². The lowest BCUT2D eigenvalue weighted by Crippen LogP contribution is -2.49. The number of hydrogen-bond donors (Lipinski definition) is 1. The molecular weight excluding hydrogens is 354 g/mol. The van der Waals surface area contributed by atoms with Gasteiger partial charge in [-0.05, 0) is 37.4 Å². The molecule has 6 rings (SSSR count). The number of esters is 1. The van der Waals surface area contributed by atoms with E-state index in [2.05, 4.69) is 11.9 Å². The van der Waals surface area contributed by atoms with Gasteiger partial charge >= 0.3 is 5.97 Å². The van der Waals surface area contributed by atoms with Crippen LogP contribution in [0.4, 0.5) is 0 Å². The van der Waals surface area contributed by atoms with Crippen LogP contribution in [0.25, 0.3) is 0 Å². The highest BCUT2D eigenvalue weighted by molar-refractivity contribution is 5.88. The summed E-state index contributed by atoms with van der Waals surface area (Å²) in [6.45, 7) is 0. The van der Waals surface area contributed by atoms with E-state index in [9.17, 15) is 9.90 Å². The smallest absolute Gasteiger partial charge is 0.348 e. The van der Waals surface area contributed by atoms with Gasteiger partial charge < -0.3 is 14.6 Å². The zero-order valence-electron chi connectivity index (χ0n) is 15.7. The summed E-state index contributed by atoms with van der Waals surface area (Å²) in [5.74, 6) is 1.92. The van der Waals surface area contributed by atoms with Crippen molar-refractivity contribution in [3.8, 4) is 11.5 Å². The third kappa shape index (κ3) is 2.12. The second kappa shape index (κ2) is 5.58. The van der Waals surface area contributed by atoms with Crippen molar-refractivity contribution in [2.45, 2.75) is 43.1 Å². The van der Waals surface area contributed by atoms with E-state index < -0.39 is 11.6 Å². The van der Waals surface area contributed by atoms with Crippen LogP contribution >= 0.6 is 0 Å². The first kappa shape index (κ1) is 16.6. The highest BCUT2D eigenvalue weighted by Crippen LogP contribution is 2.58. The molecule has 3 heterocycles. The summed E-state index contributed by atoms with van der Waals surface area (Å²) in [4.78, 5) is 15.8. The number of carbonyl (C=O) groups excluding carboxylic acids is 1. The predicted octanol–water partition coefficient (Wildman–Crippen LogP) is 3.05. The molecule has 3 aliphatic heterocycles. The number of carbonyl (C=O) groups is 1. The summed E-state index contributed by atoms with van der Waals surface area (Å²) >= 11 is 0. The highest BCUT2D eigenvalue weighted by Gasteiger charge is 2.61. The first-order chi connectivity index (χ1) is 13.6. The number of piperidine rings is 2. The van der Waals surface area contributed by atoms with Gasteiger partial charge in [-0.1, -0.05) is 36.4 Å². The Labute approximate surface area is 163 Å². The number of para-hydroxylation sites is 2. The maximum Gasteiger partial charge on any atom is 0.348 e. The Hall–Kier alpha value is -2.37. The van der Waals surface area contributed by atoms with E-state index in [0.29, 0.717) is 34.7 Å². The largest absolute Gasteiger partial charge is 0.460 e. The Morgan fingerprint density at radius 2 is 1.54 bits per heavy atom. The summed E-state index contributed by atoms with van der Waals surface area (Å²) in [5, 5.41) is 11.7. The van der Waals surface area contributed by atoms with Crippen molar-refractivity contribution in [3.63, 3.8) is 0 Å². The van der Waals surface area contributed by atoms with E-state index in [1.807, 2.05) is 12.1 Å². The monoisotopic (exact) mass is 377 g/mol. The van der Waals surface area contributed by atoms with E-state index in [1.165, 1.54) is 6.42 Å². The standard InChI is InChI=1S/C23H23NO4/c1-24-18-10-13(11-19(24)15-12-14(15)18)27-22(25)23(26)16-6-2-4-8-20(16)28-21-9-5-3-7-17(21)23/h2-9,13-15,18-19,26H,10-12H2,1H3/t13-,14+,15?,18+,19?/m1/s1. The SMILES string of the molecule is CN1C2C[C@H](OC(=O)C3(O)c4ccccc4Oc4ccccc43)C[C@H]1[C@H]1CC21. The molecule has 2 bridgehead atoms.